The molecule has 2 atom stereocenters. The van der Waals surface area contributed by atoms with Gasteiger partial charge in [0.25, 0.3) is 0 Å². The Bertz CT molecular complexity index is 962. The van der Waals surface area contributed by atoms with Crippen LogP contribution in [-0.4, -0.2) is 41.5 Å². The average Bonchev–Trinajstić information content (AvgIpc) is 3.38. The van der Waals surface area contributed by atoms with E-state index >= 15 is 0 Å². The first-order valence-corrected chi connectivity index (χ1v) is 11.9. The molecule has 0 saturated carbocycles. The molecule has 3 aliphatic rings. The normalized spacial score (nSPS) is 23.6. The highest BCUT2D eigenvalue weighted by atomic mass is 35.5. The Kier molecular flexibility index (Phi) is 8.64. The second kappa shape index (κ2) is 11.0. The predicted octanol–water partition coefficient (Wildman–Crippen LogP) is 5.27. The average molecular weight is 497 g/mol. The third-order valence-electron chi connectivity index (χ3n) is 6.67. The number of benzene rings is 1. The Balaban J connectivity index is 0.00000144. The molecule has 1 aromatic carbocycles. The number of rotatable bonds is 5. The van der Waals surface area contributed by atoms with Crippen LogP contribution in [0.5, 0.6) is 11.5 Å². The number of phenolic OH excluding ortho intramolecular Hbond substituents is 1. The van der Waals surface area contributed by atoms with Gasteiger partial charge in [-0.2, -0.15) is 0 Å². The zero-order valence-electron chi connectivity index (χ0n) is 17.9. The van der Waals surface area contributed by atoms with Gasteiger partial charge in [0.1, 0.15) is 11.5 Å². The molecular weight excluding hydrogens is 467 g/mol. The lowest BCUT2D eigenvalue weighted by Gasteiger charge is -2.44. The Hall–Kier alpha value is -1.57. The van der Waals surface area contributed by atoms with Crippen molar-refractivity contribution in [2.24, 2.45) is 5.92 Å². The number of carbonyl (C=O) groups is 1. The van der Waals surface area contributed by atoms with Gasteiger partial charge in [-0.15, -0.1) is 36.2 Å². The van der Waals surface area contributed by atoms with Crippen molar-refractivity contribution in [3.8, 4) is 11.5 Å². The van der Waals surface area contributed by atoms with Gasteiger partial charge in [-0.05, 0) is 74.8 Å². The molecule has 5 rings (SSSR count). The molecule has 0 radical (unpaired) electrons. The number of hydrogen-bond acceptors (Lipinski definition) is 6. The highest BCUT2D eigenvalue weighted by molar-refractivity contribution is 7.10. The zero-order valence-corrected chi connectivity index (χ0v) is 20.4. The molecule has 0 amide bonds. The molecular formula is C24H30Cl2N2O3S. The topological polar surface area (TPSA) is 61.8 Å². The third kappa shape index (κ3) is 5.00. The van der Waals surface area contributed by atoms with Crippen LogP contribution in [0.25, 0.3) is 6.08 Å². The van der Waals surface area contributed by atoms with E-state index in [0.29, 0.717) is 41.1 Å². The quantitative estimate of drug-likeness (QED) is 0.552. The number of phenols is 1. The van der Waals surface area contributed by atoms with Crippen LogP contribution in [0.3, 0.4) is 0 Å². The van der Waals surface area contributed by atoms with Crippen molar-refractivity contribution in [3.63, 3.8) is 0 Å². The largest absolute Gasteiger partial charge is 0.507 e. The number of thiophene rings is 1. The summed E-state index contributed by atoms with van der Waals surface area (Å²) in [5.41, 5.74) is 1.20. The highest BCUT2D eigenvalue weighted by Crippen LogP contribution is 2.40. The number of ether oxygens (including phenoxy) is 1. The molecule has 2 aromatic rings. The SMILES string of the molecule is Cl.Cl.O=C1C(=Cc2cccs2)Oc2c1ccc(O)c2CNCC1CCCN2CCCCC12. The van der Waals surface area contributed by atoms with Crippen LogP contribution in [0.2, 0.25) is 0 Å². The fraction of sp³-hybridized carbons (Fsp3) is 0.458. The van der Waals surface area contributed by atoms with E-state index in [4.69, 9.17) is 4.74 Å². The predicted molar refractivity (Wildman–Crippen MR) is 133 cm³/mol. The van der Waals surface area contributed by atoms with E-state index in [2.05, 4.69) is 10.2 Å². The Morgan fingerprint density at radius 2 is 2.00 bits per heavy atom. The second-order valence-corrected chi connectivity index (χ2v) is 9.51. The van der Waals surface area contributed by atoms with E-state index in [-0.39, 0.29) is 36.3 Å². The smallest absolute Gasteiger partial charge is 0.232 e. The van der Waals surface area contributed by atoms with Gasteiger partial charge >= 0.3 is 0 Å². The summed E-state index contributed by atoms with van der Waals surface area (Å²) in [6, 6.07) is 7.86. The minimum Gasteiger partial charge on any atom is -0.507 e. The van der Waals surface area contributed by atoms with Crippen molar-refractivity contribution in [1.29, 1.82) is 0 Å². The Morgan fingerprint density at radius 1 is 1.16 bits per heavy atom. The number of piperidine rings is 2. The summed E-state index contributed by atoms with van der Waals surface area (Å²) < 4.78 is 5.94. The molecule has 2 fully saturated rings. The summed E-state index contributed by atoms with van der Waals surface area (Å²) in [4.78, 5) is 16.4. The van der Waals surface area contributed by atoms with Gasteiger partial charge < -0.3 is 20.1 Å². The molecule has 0 aliphatic carbocycles. The number of allylic oxidation sites excluding steroid dienone is 1. The number of aromatic hydroxyl groups is 1. The maximum atomic E-state index is 12.8. The standard InChI is InChI=1S/C24H28N2O3S.2ClH/c27-21-9-8-18-23(28)22(13-17-6-4-12-30-17)29-24(18)19(21)15-25-14-16-5-3-11-26-10-2-1-7-20(16)26;;/h4,6,8-9,12-13,16,20,25,27H,1-3,5,7,10-11,14-15H2;2*1H. The first kappa shape index (κ1) is 25.1. The minimum atomic E-state index is -0.121. The van der Waals surface area contributed by atoms with Gasteiger partial charge in [-0.25, -0.2) is 0 Å². The van der Waals surface area contributed by atoms with E-state index in [9.17, 15) is 9.90 Å². The van der Waals surface area contributed by atoms with Crippen LogP contribution in [0.15, 0.2) is 35.4 Å². The number of nitrogens with one attached hydrogen (secondary N) is 1. The summed E-state index contributed by atoms with van der Waals surface area (Å²) in [7, 11) is 0. The highest BCUT2D eigenvalue weighted by Gasteiger charge is 2.34. The number of fused-ring (bicyclic) bond motifs is 2. The molecule has 8 heteroatoms. The lowest BCUT2D eigenvalue weighted by atomic mass is 9.83. The lowest BCUT2D eigenvalue weighted by Crippen LogP contribution is -2.50. The molecule has 2 saturated heterocycles. The number of hydrogen-bond donors (Lipinski definition) is 2. The molecule has 32 heavy (non-hydrogen) atoms. The monoisotopic (exact) mass is 496 g/mol. The summed E-state index contributed by atoms with van der Waals surface area (Å²) in [5, 5.41) is 16.0. The van der Waals surface area contributed by atoms with Gasteiger partial charge in [0, 0.05) is 23.5 Å². The molecule has 2 unspecified atom stereocenters. The molecule has 0 spiro atoms. The van der Waals surface area contributed by atoms with Gasteiger partial charge in [0.2, 0.25) is 5.78 Å². The number of nitrogens with zero attached hydrogens (tertiary/aromatic N) is 1. The maximum Gasteiger partial charge on any atom is 0.232 e. The summed E-state index contributed by atoms with van der Waals surface area (Å²) >= 11 is 1.56. The zero-order chi connectivity index (χ0) is 20.5. The molecule has 0 bridgehead atoms. The lowest BCUT2D eigenvalue weighted by molar-refractivity contribution is 0.0593. The van der Waals surface area contributed by atoms with E-state index in [1.807, 2.05) is 17.5 Å². The Labute approximate surface area is 205 Å². The van der Waals surface area contributed by atoms with Crippen molar-refractivity contribution in [2.45, 2.75) is 44.7 Å². The third-order valence-corrected chi connectivity index (χ3v) is 7.49. The van der Waals surface area contributed by atoms with Crippen LogP contribution in [0, 0.1) is 5.92 Å². The van der Waals surface area contributed by atoms with Crippen LogP contribution in [-0.2, 0) is 6.54 Å². The van der Waals surface area contributed by atoms with Crippen LogP contribution < -0.4 is 10.1 Å². The number of halogens is 2. The van der Waals surface area contributed by atoms with E-state index < -0.39 is 0 Å². The Morgan fingerprint density at radius 3 is 2.81 bits per heavy atom. The summed E-state index contributed by atoms with van der Waals surface area (Å²) in [6.45, 7) is 3.90. The molecule has 2 N–H and O–H groups in total. The number of ketones is 1. The van der Waals surface area contributed by atoms with Crippen LogP contribution in [0.1, 0.15) is 52.9 Å². The van der Waals surface area contributed by atoms with Crippen molar-refractivity contribution >= 4 is 48.0 Å². The fourth-order valence-electron chi connectivity index (χ4n) is 5.17. The van der Waals surface area contributed by atoms with Crippen molar-refractivity contribution in [2.75, 3.05) is 19.6 Å². The second-order valence-electron chi connectivity index (χ2n) is 8.53. The van der Waals surface area contributed by atoms with E-state index in [1.165, 1.54) is 45.2 Å². The molecule has 3 aliphatic heterocycles. The van der Waals surface area contributed by atoms with E-state index in [0.717, 1.165) is 11.4 Å². The van der Waals surface area contributed by atoms with Crippen molar-refractivity contribution in [3.05, 3.63) is 51.4 Å². The first-order valence-electron chi connectivity index (χ1n) is 11.0. The summed E-state index contributed by atoms with van der Waals surface area (Å²) in [6.07, 6.45) is 8.26. The van der Waals surface area contributed by atoms with Gasteiger partial charge in [0.05, 0.1) is 11.1 Å². The fourth-order valence-corrected chi connectivity index (χ4v) is 5.81. The van der Waals surface area contributed by atoms with Gasteiger partial charge in [-0.1, -0.05) is 12.5 Å². The number of Topliss-reactive ketones (excluding diaryl/α,β-unsaturated/α-hetero) is 1. The molecule has 174 valence electrons. The molecule has 4 heterocycles. The van der Waals surface area contributed by atoms with Gasteiger partial charge in [0.15, 0.2) is 5.76 Å². The molecule has 1 aromatic heterocycles. The number of carbonyl (C=O) groups excluding carboxylic acids is 1. The van der Waals surface area contributed by atoms with Crippen LogP contribution in [0.4, 0.5) is 0 Å². The van der Waals surface area contributed by atoms with Gasteiger partial charge in [-0.3, -0.25) is 4.79 Å². The first-order chi connectivity index (χ1) is 14.7. The maximum absolute atomic E-state index is 12.8. The van der Waals surface area contributed by atoms with E-state index in [1.54, 1.807) is 29.5 Å². The summed E-state index contributed by atoms with van der Waals surface area (Å²) in [5.74, 6) is 1.52. The van der Waals surface area contributed by atoms with Crippen molar-refractivity contribution in [1.82, 2.24) is 10.2 Å². The molecule has 5 nitrogen and oxygen atoms in total. The van der Waals surface area contributed by atoms with Crippen molar-refractivity contribution < 1.29 is 14.6 Å². The van der Waals surface area contributed by atoms with Crippen LogP contribution >= 0.6 is 36.2 Å². The minimum absolute atomic E-state index is 0.